The second-order valence-electron chi connectivity index (χ2n) is 14.7. The number of hydrogen-bond donors (Lipinski definition) is 1. The van der Waals surface area contributed by atoms with Crippen LogP contribution in [0.15, 0.2) is 97.1 Å². The number of fused-ring (bicyclic) bond motifs is 1. The molecule has 0 bridgehead atoms. The van der Waals surface area contributed by atoms with Crippen molar-refractivity contribution in [3.05, 3.63) is 130 Å². The third-order valence-corrected chi connectivity index (χ3v) is 9.88. The molecule has 1 aliphatic heterocycles. The quantitative estimate of drug-likeness (QED) is 0.110. The van der Waals surface area contributed by atoms with Crippen molar-refractivity contribution in [2.75, 3.05) is 32.8 Å². The summed E-state index contributed by atoms with van der Waals surface area (Å²) < 4.78 is 17.4. The largest absolute Gasteiger partial charge is 0.492 e. The van der Waals surface area contributed by atoms with Crippen LogP contribution in [0.4, 0.5) is 0 Å². The Balaban J connectivity index is 0.983. The molecule has 4 aromatic carbocycles. The Morgan fingerprint density at radius 2 is 1.54 bits per heavy atom. The van der Waals surface area contributed by atoms with Crippen molar-refractivity contribution in [2.45, 2.75) is 65.0 Å². The average molecular weight is 675 g/mol. The smallest absolute Gasteiger partial charge is 0.347 e. The van der Waals surface area contributed by atoms with Crippen LogP contribution in [0.3, 0.4) is 0 Å². The zero-order valence-corrected chi connectivity index (χ0v) is 30.0. The minimum absolute atomic E-state index is 0.0288. The topological polar surface area (TPSA) is 77.1 Å². The highest BCUT2D eigenvalue weighted by Gasteiger charge is 2.56. The first-order valence-corrected chi connectivity index (χ1v) is 17.9. The maximum absolute atomic E-state index is 13.4. The maximum Gasteiger partial charge on any atom is 0.347 e. The van der Waals surface area contributed by atoms with E-state index in [0.29, 0.717) is 48.8 Å². The number of piperidine rings is 1. The zero-order chi connectivity index (χ0) is 35.3. The van der Waals surface area contributed by atoms with Crippen LogP contribution in [0.25, 0.3) is 0 Å². The molecule has 50 heavy (non-hydrogen) atoms. The van der Waals surface area contributed by atoms with E-state index in [1.807, 2.05) is 61.5 Å². The molecule has 1 heterocycles. The van der Waals surface area contributed by atoms with Crippen molar-refractivity contribution in [3.63, 3.8) is 0 Å². The molecule has 0 radical (unpaired) electrons. The molecule has 1 saturated heterocycles. The summed E-state index contributed by atoms with van der Waals surface area (Å²) in [5.41, 5.74) is 6.54. The lowest BCUT2D eigenvalue weighted by molar-refractivity contribution is -0.151. The fourth-order valence-electron chi connectivity index (χ4n) is 7.17. The standard InChI is InChI=1S/C43H50N2O5/c1-6-48-42(47)39(50-34-19-15-32(16-20-34)43(3,4)5)25-30-13-17-33(18-14-30)49-23-22-44-41(46)36-24-29(2)12-21-35(36)40-37-27-45(28-38(37)40)26-31-10-8-7-9-11-31/h7-21,24,37-40H,6,22-23,25-28H2,1-5H3,(H,44,46)/t37-,38?,39-,40?/m0/s1. The van der Waals surface area contributed by atoms with Crippen LogP contribution < -0.4 is 14.8 Å². The van der Waals surface area contributed by atoms with E-state index in [1.54, 1.807) is 6.92 Å². The molecule has 2 fully saturated rings. The van der Waals surface area contributed by atoms with Crippen molar-refractivity contribution in [1.29, 1.82) is 0 Å². The zero-order valence-electron chi connectivity index (χ0n) is 30.0. The first-order chi connectivity index (χ1) is 24.1. The molecule has 1 N–H and O–H groups in total. The summed E-state index contributed by atoms with van der Waals surface area (Å²) in [6, 6.07) is 32.4. The average Bonchev–Trinajstić information content (AvgIpc) is 3.59. The number of hydrogen-bond acceptors (Lipinski definition) is 6. The van der Waals surface area contributed by atoms with Crippen LogP contribution in [0.2, 0.25) is 0 Å². The number of amides is 1. The second kappa shape index (κ2) is 15.5. The van der Waals surface area contributed by atoms with Gasteiger partial charge in [0.25, 0.3) is 5.91 Å². The summed E-state index contributed by atoms with van der Waals surface area (Å²) in [7, 11) is 0. The van der Waals surface area contributed by atoms with Gasteiger partial charge in [0.1, 0.15) is 18.1 Å². The summed E-state index contributed by atoms with van der Waals surface area (Å²) in [6.45, 7) is 14.5. The van der Waals surface area contributed by atoms with Crippen LogP contribution >= 0.6 is 0 Å². The monoisotopic (exact) mass is 674 g/mol. The second-order valence-corrected chi connectivity index (χ2v) is 14.7. The van der Waals surface area contributed by atoms with Crippen LogP contribution in [-0.2, 0) is 27.9 Å². The van der Waals surface area contributed by atoms with E-state index in [4.69, 9.17) is 14.2 Å². The number of nitrogens with one attached hydrogen (secondary N) is 1. The molecule has 6 rings (SSSR count). The highest BCUT2D eigenvalue weighted by molar-refractivity contribution is 5.96. The summed E-state index contributed by atoms with van der Waals surface area (Å²) >= 11 is 0. The lowest BCUT2D eigenvalue weighted by Crippen LogP contribution is -2.31. The molecule has 2 aliphatic rings. The molecule has 4 aromatic rings. The maximum atomic E-state index is 13.4. The fraction of sp³-hybridized carbons (Fsp3) is 0.395. The predicted octanol–water partition coefficient (Wildman–Crippen LogP) is 7.50. The molecule has 4 atom stereocenters. The van der Waals surface area contributed by atoms with Gasteiger partial charge in [0.05, 0.1) is 13.2 Å². The summed E-state index contributed by atoms with van der Waals surface area (Å²) in [4.78, 5) is 28.7. The van der Waals surface area contributed by atoms with Gasteiger partial charge in [-0.05, 0) is 89.6 Å². The summed E-state index contributed by atoms with van der Waals surface area (Å²) in [5, 5.41) is 3.08. The number of aryl methyl sites for hydroxylation is 1. The number of carbonyl (C=O) groups is 2. The van der Waals surface area contributed by atoms with Crippen molar-refractivity contribution >= 4 is 11.9 Å². The van der Waals surface area contributed by atoms with Gasteiger partial charge in [-0.1, -0.05) is 93.1 Å². The molecule has 7 nitrogen and oxygen atoms in total. The van der Waals surface area contributed by atoms with E-state index >= 15 is 0 Å². The molecule has 0 aromatic heterocycles. The van der Waals surface area contributed by atoms with Gasteiger partial charge < -0.3 is 19.5 Å². The van der Waals surface area contributed by atoms with Crippen molar-refractivity contribution in [3.8, 4) is 11.5 Å². The highest BCUT2D eigenvalue weighted by Crippen LogP contribution is 2.59. The van der Waals surface area contributed by atoms with E-state index in [1.165, 1.54) is 16.7 Å². The van der Waals surface area contributed by atoms with Gasteiger partial charge in [0, 0.05) is 31.6 Å². The summed E-state index contributed by atoms with van der Waals surface area (Å²) in [5.74, 6) is 2.54. The Morgan fingerprint density at radius 1 is 0.860 bits per heavy atom. The van der Waals surface area contributed by atoms with Crippen molar-refractivity contribution in [2.24, 2.45) is 11.8 Å². The lowest BCUT2D eigenvalue weighted by Gasteiger charge is -2.21. The van der Waals surface area contributed by atoms with Crippen LogP contribution in [0.5, 0.6) is 11.5 Å². The first-order valence-electron chi connectivity index (χ1n) is 17.9. The van der Waals surface area contributed by atoms with E-state index in [2.05, 4.69) is 73.5 Å². The molecule has 0 spiro atoms. The van der Waals surface area contributed by atoms with Crippen molar-refractivity contribution < 1.29 is 23.8 Å². The Hall–Kier alpha value is -4.62. The van der Waals surface area contributed by atoms with Gasteiger partial charge in [-0.15, -0.1) is 0 Å². The number of benzene rings is 4. The SMILES string of the molecule is CCOC(=O)[C@H](Cc1ccc(OCCNC(=O)c2cc(C)ccc2C2C3CN(Cc4ccccc4)C[C@@H]32)cc1)Oc1ccc(C(C)(C)C)cc1. The minimum atomic E-state index is -0.771. The molecule has 1 aliphatic carbocycles. The normalized spacial score (nSPS) is 18.9. The lowest BCUT2D eigenvalue weighted by atomic mass is 9.87. The number of rotatable bonds is 14. The number of ether oxygens (including phenoxy) is 3. The molecule has 7 heteroatoms. The van der Waals surface area contributed by atoms with Gasteiger partial charge in [0.15, 0.2) is 6.10 Å². The van der Waals surface area contributed by atoms with E-state index in [0.717, 1.165) is 36.3 Å². The van der Waals surface area contributed by atoms with E-state index in [-0.39, 0.29) is 17.9 Å². The van der Waals surface area contributed by atoms with Gasteiger partial charge in [-0.25, -0.2) is 4.79 Å². The van der Waals surface area contributed by atoms with E-state index < -0.39 is 12.1 Å². The van der Waals surface area contributed by atoms with Gasteiger partial charge in [0.2, 0.25) is 0 Å². The summed E-state index contributed by atoms with van der Waals surface area (Å²) in [6.07, 6.45) is -0.407. The third-order valence-electron chi connectivity index (χ3n) is 9.88. The Labute approximate surface area is 296 Å². The van der Waals surface area contributed by atoms with Crippen LogP contribution in [0.1, 0.15) is 71.8 Å². The van der Waals surface area contributed by atoms with Crippen molar-refractivity contribution in [1.82, 2.24) is 10.2 Å². The molecular weight excluding hydrogens is 624 g/mol. The Morgan fingerprint density at radius 3 is 2.20 bits per heavy atom. The van der Waals surface area contributed by atoms with Gasteiger partial charge >= 0.3 is 5.97 Å². The number of likely N-dealkylation sites (tertiary alicyclic amines) is 1. The molecule has 2 unspecified atom stereocenters. The number of carbonyl (C=O) groups excluding carboxylic acids is 2. The van der Waals surface area contributed by atoms with Crippen LogP contribution in [-0.4, -0.2) is 55.7 Å². The van der Waals surface area contributed by atoms with Crippen LogP contribution in [0, 0.1) is 18.8 Å². The van der Waals surface area contributed by atoms with Gasteiger partial charge in [-0.2, -0.15) is 0 Å². The predicted molar refractivity (Wildman–Crippen MR) is 197 cm³/mol. The first kappa shape index (κ1) is 35.2. The van der Waals surface area contributed by atoms with E-state index in [9.17, 15) is 9.59 Å². The Bertz CT molecular complexity index is 1740. The third kappa shape index (κ3) is 8.75. The number of esters is 1. The molecule has 1 amide bonds. The van der Waals surface area contributed by atoms with Gasteiger partial charge in [-0.3, -0.25) is 9.69 Å². The minimum Gasteiger partial charge on any atom is -0.492 e. The molecule has 1 saturated carbocycles. The molecular formula is C43H50N2O5. The fourth-order valence-corrected chi connectivity index (χ4v) is 7.17. The molecule has 262 valence electrons. The Kier molecular flexibility index (Phi) is 10.9. The number of nitrogens with zero attached hydrogens (tertiary/aromatic N) is 1. The highest BCUT2D eigenvalue weighted by atomic mass is 16.6.